The quantitative estimate of drug-likeness (QED) is 0.791. The summed E-state index contributed by atoms with van der Waals surface area (Å²) in [4.78, 5) is 0. The maximum atomic E-state index is 12.1. The zero-order valence-electron chi connectivity index (χ0n) is 12.2. The van der Waals surface area contributed by atoms with E-state index in [0.29, 0.717) is 5.92 Å². The van der Waals surface area contributed by atoms with Gasteiger partial charge in [0, 0.05) is 6.04 Å². The highest BCUT2D eigenvalue weighted by molar-refractivity contribution is 5.39. The molecule has 0 saturated heterocycles. The van der Waals surface area contributed by atoms with Crippen LogP contribution in [0.2, 0.25) is 0 Å². The molecule has 2 nitrogen and oxygen atoms in total. The molecule has 0 bridgehead atoms. The lowest BCUT2D eigenvalue weighted by atomic mass is 9.74. The molecule has 1 N–H and O–H groups in total. The van der Waals surface area contributed by atoms with Gasteiger partial charge in [0.2, 0.25) is 0 Å². The highest BCUT2D eigenvalue weighted by atomic mass is 19.4. The number of rotatable bonds is 8. The Labute approximate surface area is 123 Å². The number of ether oxygens (including phenoxy) is 1. The van der Waals surface area contributed by atoms with E-state index in [1.807, 2.05) is 19.1 Å². The lowest BCUT2D eigenvalue weighted by Gasteiger charge is -2.33. The molecule has 1 aromatic rings. The first kappa shape index (κ1) is 16.3. The third-order valence-corrected chi connectivity index (χ3v) is 3.80. The monoisotopic (exact) mass is 301 g/mol. The summed E-state index contributed by atoms with van der Waals surface area (Å²) < 4.78 is 41.3. The molecule has 0 spiro atoms. The maximum Gasteiger partial charge on any atom is 0.411 e. The third-order valence-electron chi connectivity index (χ3n) is 3.80. The molecule has 2 rings (SSSR count). The molecule has 0 amide bonds. The minimum atomic E-state index is -4.25. The Balaban J connectivity index is 1.83. The van der Waals surface area contributed by atoms with Crippen molar-refractivity contribution < 1.29 is 17.9 Å². The van der Waals surface area contributed by atoms with Crippen LogP contribution in [0.1, 0.15) is 36.8 Å². The Bertz CT molecular complexity index is 447. The van der Waals surface area contributed by atoms with E-state index < -0.39 is 12.8 Å². The Kier molecular flexibility index (Phi) is 5.65. The second-order valence-electron chi connectivity index (χ2n) is 5.62. The number of benzene rings is 1. The number of hydrogen-bond acceptors (Lipinski definition) is 2. The molecular weight excluding hydrogens is 279 g/mol. The van der Waals surface area contributed by atoms with E-state index in [0.717, 1.165) is 25.8 Å². The molecule has 5 heteroatoms. The second kappa shape index (κ2) is 7.27. The van der Waals surface area contributed by atoms with E-state index in [-0.39, 0.29) is 12.6 Å². The number of hydrogen-bond donors (Lipinski definition) is 1. The summed E-state index contributed by atoms with van der Waals surface area (Å²) in [5, 5.41) is 3.29. The van der Waals surface area contributed by atoms with Crippen LogP contribution in [0.5, 0.6) is 0 Å². The maximum absolute atomic E-state index is 12.1. The molecule has 1 aliphatic carbocycles. The van der Waals surface area contributed by atoms with E-state index in [9.17, 15) is 13.2 Å². The van der Waals surface area contributed by atoms with Gasteiger partial charge >= 0.3 is 6.18 Å². The Morgan fingerprint density at radius 1 is 1.33 bits per heavy atom. The standard InChI is InChI=1S/C16H22F3NO/c1-2-7-20-14(10-21-11-16(17,18)19)9-13-8-12-5-3-4-6-15(12)13/h3-6,13-14,20H,2,7-11H2,1H3. The van der Waals surface area contributed by atoms with E-state index in [4.69, 9.17) is 4.74 Å². The summed E-state index contributed by atoms with van der Waals surface area (Å²) >= 11 is 0. The van der Waals surface area contributed by atoms with Gasteiger partial charge in [0.05, 0.1) is 6.61 Å². The molecule has 118 valence electrons. The molecule has 1 aromatic carbocycles. The molecule has 0 heterocycles. The summed E-state index contributed by atoms with van der Waals surface area (Å²) in [6.07, 6.45) is -1.45. The first-order valence-corrected chi connectivity index (χ1v) is 7.45. The lowest BCUT2D eigenvalue weighted by Crippen LogP contribution is -2.38. The van der Waals surface area contributed by atoms with Crippen molar-refractivity contribution in [3.63, 3.8) is 0 Å². The SMILES string of the molecule is CCCNC(COCC(F)(F)F)CC1Cc2ccccc21. The second-order valence-corrected chi connectivity index (χ2v) is 5.62. The van der Waals surface area contributed by atoms with Crippen LogP contribution in [0, 0.1) is 0 Å². The first-order chi connectivity index (χ1) is 9.99. The zero-order chi connectivity index (χ0) is 15.3. The topological polar surface area (TPSA) is 21.3 Å². The van der Waals surface area contributed by atoms with E-state index >= 15 is 0 Å². The van der Waals surface area contributed by atoms with Gasteiger partial charge in [-0.15, -0.1) is 0 Å². The molecule has 1 aliphatic rings. The van der Waals surface area contributed by atoms with E-state index in [2.05, 4.69) is 17.4 Å². The first-order valence-electron chi connectivity index (χ1n) is 7.45. The van der Waals surface area contributed by atoms with Gasteiger partial charge in [-0.05, 0) is 42.9 Å². The minimum Gasteiger partial charge on any atom is -0.370 e. The molecule has 0 fully saturated rings. The molecule has 0 radical (unpaired) electrons. The van der Waals surface area contributed by atoms with Crippen LogP contribution in [-0.2, 0) is 11.2 Å². The molecule has 2 atom stereocenters. The van der Waals surface area contributed by atoms with E-state index in [1.165, 1.54) is 11.1 Å². The molecule has 21 heavy (non-hydrogen) atoms. The van der Waals surface area contributed by atoms with Crippen LogP contribution in [0.3, 0.4) is 0 Å². The number of alkyl halides is 3. The zero-order valence-corrected chi connectivity index (χ0v) is 12.2. The van der Waals surface area contributed by atoms with Crippen LogP contribution in [0.15, 0.2) is 24.3 Å². The average molecular weight is 301 g/mol. The van der Waals surface area contributed by atoms with Crippen LogP contribution in [0.25, 0.3) is 0 Å². The summed E-state index contributed by atoms with van der Waals surface area (Å²) in [5.41, 5.74) is 2.68. The van der Waals surface area contributed by atoms with Crippen molar-refractivity contribution in [1.82, 2.24) is 5.32 Å². The summed E-state index contributed by atoms with van der Waals surface area (Å²) in [7, 11) is 0. The van der Waals surface area contributed by atoms with Gasteiger partial charge < -0.3 is 10.1 Å². The van der Waals surface area contributed by atoms with Gasteiger partial charge in [0.1, 0.15) is 6.61 Å². The average Bonchev–Trinajstić information content (AvgIpc) is 2.40. The Morgan fingerprint density at radius 2 is 2.10 bits per heavy atom. The fourth-order valence-electron chi connectivity index (χ4n) is 2.79. The van der Waals surface area contributed by atoms with Crippen LogP contribution in [-0.4, -0.2) is 32.0 Å². The van der Waals surface area contributed by atoms with Crippen molar-refractivity contribution in [2.75, 3.05) is 19.8 Å². The largest absolute Gasteiger partial charge is 0.411 e. The van der Waals surface area contributed by atoms with E-state index in [1.54, 1.807) is 0 Å². The van der Waals surface area contributed by atoms with Crippen molar-refractivity contribution in [3.05, 3.63) is 35.4 Å². The van der Waals surface area contributed by atoms with Gasteiger partial charge in [-0.2, -0.15) is 13.2 Å². The van der Waals surface area contributed by atoms with Gasteiger partial charge in [-0.3, -0.25) is 0 Å². The normalized spacial score (nSPS) is 19.0. The van der Waals surface area contributed by atoms with Gasteiger partial charge in [-0.25, -0.2) is 0 Å². The Hall–Kier alpha value is -1.07. The number of halogens is 3. The summed E-state index contributed by atoms with van der Waals surface area (Å²) in [6.45, 7) is 1.78. The highest BCUT2D eigenvalue weighted by Crippen LogP contribution is 2.38. The molecule has 2 unspecified atom stereocenters. The number of fused-ring (bicyclic) bond motifs is 1. The summed E-state index contributed by atoms with van der Waals surface area (Å²) in [5.74, 6) is 0.435. The fourth-order valence-corrected chi connectivity index (χ4v) is 2.79. The smallest absolute Gasteiger partial charge is 0.370 e. The Morgan fingerprint density at radius 3 is 2.76 bits per heavy atom. The van der Waals surface area contributed by atoms with Crippen molar-refractivity contribution in [3.8, 4) is 0 Å². The molecule has 0 aliphatic heterocycles. The summed E-state index contributed by atoms with van der Waals surface area (Å²) in [6, 6.07) is 8.23. The van der Waals surface area contributed by atoms with Crippen molar-refractivity contribution in [2.45, 2.75) is 44.3 Å². The minimum absolute atomic E-state index is 0.0225. The predicted octanol–water partition coefficient (Wildman–Crippen LogP) is 3.66. The van der Waals surface area contributed by atoms with Gasteiger partial charge in [-0.1, -0.05) is 31.2 Å². The predicted molar refractivity (Wildman–Crippen MR) is 76.5 cm³/mol. The van der Waals surface area contributed by atoms with Gasteiger partial charge in [0.25, 0.3) is 0 Å². The molecule has 0 aromatic heterocycles. The highest BCUT2D eigenvalue weighted by Gasteiger charge is 2.30. The number of nitrogens with one attached hydrogen (secondary N) is 1. The van der Waals surface area contributed by atoms with Crippen LogP contribution < -0.4 is 5.32 Å². The van der Waals surface area contributed by atoms with Crippen molar-refractivity contribution in [1.29, 1.82) is 0 Å². The van der Waals surface area contributed by atoms with Gasteiger partial charge in [0.15, 0.2) is 0 Å². The van der Waals surface area contributed by atoms with Crippen LogP contribution >= 0.6 is 0 Å². The lowest BCUT2D eigenvalue weighted by molar-refractivity contribution is -0.175. The molecule has 0 saturated carbocycles. The van der Waals surface area contributed by atoms with Crippen molar-refractivity contribution in [2.24, 2.45) is 0 Å². The van der Waals surface area contributed by atoms with Crippen molar-refractivity contribution >= 4 is 0 Å². The fraction of sp³-hybridized carbons (Fsp3) is 0.625. The third kappa shape index (κ3) is 5.00. The molecular formula is C16H22F3NO. The van der Waals surface area contributed by atoms with Crippen LogP contribution in [0.4, 0.5) is 13.2 Å².